The van der Waals surface area contributed by atoms with Crippen LogP contribution in [0.4, 0.5) is 17.8 Å². The predicted octanol–water partition coefficient (Wildman–Crippen LogP) is 1.44. The van der Waals surface area contributed by atoms with Gasteiger partial charge < -0.3 is 20.9 Å². The second-order valence-corrected chi connectivity index (χ2v) is 4.80. The highest BCUT2D eigenvalue weighted by Crippen LogP contribution is 2.11. The van der Waals surface area contributed by atoms with Crippen LogP contribution in [0.25, 0.3) is 0 Å². The van der Waals surface area contributed by atoms with Crippen molar-refractivity contribution in [3.05, 3.63) is 0 Å². The van der Waals surface area contributed by atoms with Crippen molar-refractivity contribution in [2.24, 2.45) is 0 Å². The minimum absolute atomic E-state index is 0.262. The van der Waals surface area contributed by atoms with Crippen LogP contribution in [0.15, 0.2) is 0 Å². The quantitative estimate of drug-likeness (QED) is 0.632. The minimum atomic E-state index is 0.262. The second kappa shape index (κ2) is 9.33. The molecule has 0 unspecified atom stereocenters. The summed E-state index contributed by atoms with van der Waals surface area (Å²) in [6.45, 7) is 14.3. The summed E-state index contributed by atoms with van der Waals surface area (Å²) >= 11 is 0. The molecule has 0 atom stereocenters. The number of hydrogen-bond donors (Lipinski definition) is 2. The molecule has 0 saturated heterocycles. The summed E-state index contributed by atoms with van der Waals surface area (Å²) < 4.78 is 0. The molecule has 1 rings (SSSR count). The van der Waals surface area contributed by atoms with Crippen molar-refractivity contribution in [2.75, 3.05) is 55.2 Å². The maximum Gasteiger partial charge on any atom is 0.231 e. The average molecular weight is 295 g/mol. The van der Waals surface area contributed by atoms with Gasteiger partial charge in [-0.2, -0.15) is 15.0 Å². The number of aromatic nitrogens is 3. The molecule has 120 valence electrons. The fourth-order valence-electron chi connectivity index (χ4n) is 2.15. The van der Waals surface area contributed by atoms with E-state index < -0.39 is 0 Å². The Morgan fingerprint density at radius 2 is 1.62 bits per heavy atom. The Bertz CT molecular complexity index is 402. The number of nitrogens with one attached hydrogen (secondary N) is 1. The molecule has 3 N–H and O–H groups in total. The first-order valence-electron chi connectivity index (χ1n) is 7.87. The van der Waals surface area contributed by atoms with Crippen LogP contribution in [0, 0.1) is 0 Å². The Hall–Kier alpha value is -1.63. The monoisotopic (exact) mass is 295 g/mol. The number of nitrogens with two attached hydrogens (primary N) is 1. The van der Waals surface area contributed by atoms with Gasteiger partial charge in [0.25, 0.3) is 0 Å². The van der Waals surface area contributed by atoms with E-state index in [1.807, 2.05) is 0 Å². The third-order valence-electron chi connectivity index (χ3n) is 3.52. The third-order valence-corrected chi connectivity index (χ3v) is 3.52. The van der Waals surface area contributed by atoms with Crippen LogP contribution < -0.4 is 16.0 Å². The average Bonchev–Trinajstić information content (AvgIpc) is 2.48. The molecule has 0 aliphatic rings. The van der Waals surface area contributed by atoms with Crippen molar-refractivity contribution in [1.82, 2.24) is 19.9 Å². The Morgan fingerprint density at radius 1 is 0.952 bits per heavy atom. The highest BCUT2D eigenvalue weighted by molar-refractivity contribution is 5.41. The molecule has 1 aromatic heterocycles. The fraction of sp³-hybridized carbons (Fsp3) is 0.786. The number of hydrogen-bond acceptors (Lipinski definition) is 7. The lowest BCUT2D eigenvalue weighted by Gasteiger charge is -2.19. The molecule has 0 amide bonds. The lowest BCUT2D eigenvalue weighted by atomic mass is 10.3. The van der Waals surface area contributed by atoms with Crippen molar-refractivity contribution in [2.45, 2.75) is 34.1 Å². The minimum Gasteiger partial charge on any atom is -0.368 e. The highest BCUT2D eigenvalue weighted by atomic mass is 15.3. The number of nitrogen functional groups attached to an aromatic ring is 1. The van der Waals surface area contributed by atoms with Crippen molar-refractivity contribution < 1.29 is 0 Å². The summed E-state index contributed by atoms with van der Waals surface area (Å²) in [6.07, 6.45) is 1.05. The van der Waals surface area contributed by atoms with Crippen molar-refractivity contribution in [3.63, 3.8) is 0 Å². The van der Waals surface area contributed by atoms with E-state index in [0.29, 0.717) is 11.9 Å². The Kier molecular flexibility index (Phi) is 7.74. The molecule has 0 aromatic carbocycles. The van der Waals surface area contributed by atoms with Crippen LogP contribution in [0.2, 0.25) is 0 Å². The largest absolute Gasteiger partial charge is 0.368 e. The fourth-order valence-corrected chi connectivity index (χ4v) is 2.15. The summed E-state index contributed by atoms with van der Waals surface area (Å²) in [5.74, 6) is 1.46. The maximum atomic E-state index is 5.77. The zero-order valence-corrected chi connectivity index (χ0v) is 13.8. The molecule has 0 aliphatic heterocycles. The van der Waals surface area contributed by atoms with E-state index in [9.17, 15) is 0 Å². The Labute approximate surface area is 128 Å². The smallest absolute Gasteiger partial charge is 0.231 e. The second-order valence-electron chi connectivity index (χ2n) is 4.80. The molecule has 7 heteroatoms. The number of nitrogens with zero attached hydrogens (tertiary/aromatic N) is 5. The van der Waals surface area contributed by atoms with E-state index >= 15 is 0 Å². The first kappa shape index (κ1) is 17.4. The normalized spacial score (nSPS) is 10.9. The van der Waals surface area contributed by atoms with E-state index in [2.05, 4.69) is 57.8 Å². The van der Waals surface area contributed by atoms with E-state index in [4.69, 9.17) is 5.73 Å². The van der Waals surface area contributed by atoms with E-state index in [1.165, 1.54) is 0 Å². The van der Waals surface area contributed by atoms with Gasteiger partial charge >= 0.3 is 0 Å². The molecule has 0 spiro atoms. The van der Waals surface area contributed by atoms with Gasteiger partial charge in [0.2, 0.25) is 17.8 Å². The van der Waals surface area contributed by atoms with Crippen molar-refractivity contribution in [3.8, 4) is 0 Å². The van der Waals surface area contributed by atoms with Crippen LogP contribution in [0.5, 0.6) is 0 Å². The van der Waals surface area contributed by atoms with Gasteiger partial charge in [-0.15, -0.1) is 0 Å². The predicted molar refractivity (Wildman–Crippen MR) is 88.7 cm³/mol. The SMILES string of the molecule is CCN(CC)CCCNc1nc(N)nc(N(CC)CC)n1. The van der Waals surface area contributed by atoms with E-state index in [1.54, 1.807) is 0 Å². The summed E-state index contributed by atoms with van der Waals surface area (Å²) in [6, 6.07) is 0. The first-order valence-corrected chi connectivity index (χ1v) is 7.87. The van der Waals surface area contributed by atoms with Crippen LogP contribution in [0.1, 0.15) is 34.1 Å². The molecule has 7 nitrogen and oxygen atoms in total. The number of anilines is 3. The zero-order chi connectivity index (χ0) is 15.7. The standard InChI is InChI=1S/C14H29N7/c1-5-20(6-2)11-9-10-16-13-17-12(15)18-14(19-13)21(7-3)8-4/h5-11H2,1-4H3,(H3,15,16,17,18,19). The van der Waals surface area contributed by atoms with Gasteiger partial charge in [0.05, 0.1) is 0 Å². The molecule has 0 fully saturated rings. The Morgan fingerprint density at radius 3 is 2.19 bits per heavy atom. The zero-order valence-electron chi connectivity index (χ0n) is 13.8. The van der Waals surface area contributed by atoms with E-state index in [-0.39, 0.29) is 5.95 Å². The van der Waals surface area contributed by atoms with Gasteiger partial charge in [0.15, 0.2) is 0 Å². The van der Waals surface area contributed by atoms with Gasteiger partial charge in [0.1, 0.15) is 0 Å². The molecule has 1 heterocycles. The Balaban J connectivity index is 2.55. The lowest BCUT2D eigenvalue weighted by molar-refractivity contribution is 0.303. The van der Waals surface area contributed by atoms with Gasteiger partial charge in [-0.05, 0) is 39.9 Å². The topological polar surface area (TPSA) is 83.2 Å². The van der Waals surface area contributed by atoms with Crippen molar-refractivity contribution >= 4 is 17.8 Å². The molecular weight excluding hydrogens is 266 g/mol. The summed E-state index contributed by atoms with van der Waals surface area (Å²) in [4.78, 5) is 17.2. The summed E-state index contributed by atoms with van der Waals surface area (Å²) in [5.41, 5.74) is 5.77. The summed E-state index contributed by atoms with van der Waals surface area (Å²) in [7, 11) is 0. The molecule has 1 aromatic rings. The first-order chi connectivity index (χ1) is 10.1. The summed E-state index contributed by atoms with van der Waals surface area (Å²) in [5, 5.41) is 3.24. The van der Waals surface area contributed by atoms with Crippen LogP contribution >= 0.6 is 0 Å². The third kappa shape index (κ3) is 5.71. The molecule has 21 heavy (non-hydrogen) atoms. The number of rotatable bonds is 10. The van der Waals surface area contributed by atoms with Gasteiger partial charge in [-0.3, -0.25) is 0 Å². The maximum absolute atomic E-state index is 5.77. The van der Waals surface area contributed by atoms with Crippen LogP contribution in [-0.4, -0.2) is 59.1 Å². The highest BCUT2D eigenvalue weighted by Gasteiger charge is 2.09. The molecule has 0 aliphatic carbocycles. The molecule has 0 saturated carbocycles. The lowest BCUT2D eigenvalue weighted by Crippen LogP contribution is -2.26. The van der Waals surface area contributed by atoms with Gasteiger partial charge in [-0.25, -0.2) is 0 Å². The van der Waals surface area contributed by atoms with Gasteiger partial charge in [-0.1, -0.05) is 13.8 Å². The molecule has 0 bridgehead atoms. The van der Waals surface area contributed by atoms with Crippen LogP contribution in [0.3, 0.4) is 0 Å². The van der Waals surface area contributed by atoms with Crippen molar-refractivity contribution in [1.29, 1.82) is 0 Å². The van der Waals surface area contributed by atoms with Crippen LogP contribution in [-0.2, 0) is 0 Å². The van der Waals surface area contributed by atoms with Gasteiger partial charge in [0, 0.05) is 19.6 Å². The van der Waals surface area contributed by atoms with E-state index in [0.717, 1.165) is 45.7 Å². The molecule has 0 radical (unpaired) electrons. The molecular formula is C14H29N7.